The lowest BCUT2D eigenvalue weighted by Gasteiger charge is -2.15. The van der Waals surface area contributed by atoms with Gasteiger partial charge in [-0.1, -0.05) is 83.0 Å². The molecule has 0 radical (unpaired) electrons. The first-order chi connectivity index (χ1) is 11.1. The fourth-order valence-corrected chi connectivity index (χ4v) is 4.20. The van der Waals surface area contributed by atoms with E-state index in [1.165, 1.54) is 15.8 Å². The van der Waals surface area contributed by atoms with Gasteiger partial charge < -0.3 is 0 Å². The van der Waals surface area contributed by atoms with Gasteiger partial charge in [-0.2, -0.15) is 11.6 Å². The predicted octanol–water partition coefficient (Wildman–Crippen LogP) is 5.87. The van der Waals surface area contributed by atoms with Crippen molar-refractivity contribution >= 4 is 76.3 Å². The Morgan fingerprint density at radius 1 is 0.522 bits per heavy atom. The SMILES string of the molecule is Brc1ccc(SB(c2ccc(Br)cc2)c2ccc(Br)cc2)cc1. The van der Waals surface area contributed by atoms with Crippen LogP contribution in [-0.2, 0) is 0 Å². The summed E-state index contributed by atoms with van der Waals surface area (Å²) in [6, 6.07) is 25.6. The fourth-order valence-electron chi connectivity index (χ4n) is 2.25. The highest BCUT2D eigenvalue weighted by atomic mass is 79.9. The molecule has 3 rings (SSSR count). The van der Waals surface area contributed by atoms with Gasteiger partial charge in [-0.25, -0.2) is 0 Å². The van der Waals surface area contributed by atoms with Crippen molar-refractivity contribution in [3.8, 4) is 0 Å². The van der Waals surface area contributed by atoms with Crippen molar-refractivity contribution in [3.05, 3.63) is 86.2 Å². The largest absolute Gasteiger partial charge is 0.280 e. The molecule has 0 nitrogen and oxygen atoms in total. The average molecular weight is 511 g/mol. The zero-order valence-electron chi connectivity index (χ0n) is 12.0. The Labute approximate surface area is 166 Å². The molecule has 0 spiro atoms. The topological polar surface area (TPSA) is 0 Å². The Balaban J connectivity index is 1.97. The third-order valence-corrected chi connectivity index (χ3v) is 6.32. The molecule has 0 heterocycles. The molecule has 3 aromatic carbocycles. The highest BCUT2D eigenvalue weighted by molar-refractivity contribution is 9.11. The number of hydrogen-bond acceptors (Lipinski definition) is 1. The molecule has 0 aliphatic heterocycles. The molecule has 0 N–H and O–H groups in total. The molecule has 5 heteroatoms. The third-order valence-electron chi connectivity index (χ3n) is 3.41. The molecule has 0 amide bonds. The van der Waals surface area contributed by atoms with Gasteiger partial charge in [-0.3, -0.25) is 0 Å². The van der Waals surface area contributed by atoms with Crippen LogP contribution < -0.4 is 10.9 Å². The lowest BCUT2D eigenvalue weighted by atomic mass is 9.62. The summed E-state index contributed by atoms with van der Waals surface area (Å²) in [5.74, 6) is 0.261. The average Bonchev–Trinajstić information content (AvgIpc) is 2.56. The van der Waals surface area contributed by atoms with Gasteiger partial charge in [0.1, 0.15) is 0 Å². The van der Waals surface area contributed by atoms with Crippen LogP contribution in [0.1, 0.15) is 0 Å². The van der Waals surface area contributed by atoms with Crippen molar-refractivity contribution in [2.75, 3.05) is 0 Å². The standard InChI is InChI=1S/C18H12BBr3S/c20-15-5-1-13(2-6-15)19(14-3-7-16(21)8-4-14)23-18-11-9-17(22)10-12-18/h1-12H. The molecule has 0 atom stereocenters. The number of benzene rings is 3. The van der Waals surface area contributed by atoms with Crippen molar-refractivity contribution in [2.24, 2.45) is 0 Å². The maximum atomic E-state index is 3.52. The highest BCUT2D eigenvalue weighted by Gasteiger charge is 2.21. The molecule has 0 aromatic heterocycles. The van der Waals surface area contributed by atoms with E-state index in [-0.39, 0.29) is 5.99 Å². The van der Waals surface area contributed by atoms with Gasteiger partial charge in [0.25, 0.3) is 5.99 Å². The molecule has 0 saturated heterocycles. The first-order valence-electron chi connectivity index (χ1n) is 7.05. The molecule has 0 unspecified atom stereocenters. The van der Waals surface area contributed by atoms with E-state index in [9.17, 15) is 0 Å². The van der Waals surface area contributed by atoms with Gasteiger partial charge in [-0.15, -0.1) is 0 Å². The molecule has 0 fully saturated rings. The Hall–Kier alpha value is -0.485. The molecular weight excluding hydrogens is 499 g/mol. The summed E-state index contributed by atoms with van der Waals surface area (Å²) in [5, 5.41) is 0. The van der Waals surface area contributed by atoms with E-state index in [0.29, 0.717) is 0 Å². The van der Waals surface area contributed by atoms with Gasteiger partial charge in [0, 0.05) is 13.4 Å². The van der Waals surface area contributed by atoms with Gasteiger partial charge in [0.05, 0.1) is 0 Å². The van der Waals surface area contributed by atoms with Crippen LogP contribution in [0.25, 0.3) is 0 Å². The summed E-state index contributed by atoms with van der Waals surface area (Å²) in [7, 11) is 0. The summed E-state index contributed by atoms with van der Waals surface area (Å²) in [6.07, 6.45) is 0. The van der Waals surface area contributed by atoms with Crippen LogP contribution in [0.2, 0.25) is 0 Å². The lowest BCUT2D eigenvalue weighted by Crippen LogP contribution is -2.39. The van der Waals surface area contributed by atoms with Crippen LogP contribution >= 0.6 is 59.4 Å². The van der Waals surface area contributed by atoms with E-state index in [2.05, 4.69) is 121 Å². The molecule has 0 aliphatic carbocycles. The molecule has 3 aromatic rings. The van der Waals surface area contributed by atoms with E-state index >= 15 is 0 Å². The van der Waals surface area contributed by atoms with E-state index in [4.69, 9.17) is 0 Å². The van der Waals surface area contributed by atoms with Gasteiger partial charge in [0.2, 0.25) is 0 Å². The molecular formula is C18H12BBr3S. The van der Waals surface area contributed by atoms with Crippen molar-refractivity contribution in [2.45, 2.75) is 4.90 Å². The number of halogens is 3. The maximum absolute atomic E-state index is 3.52. The Morgan fingerprint density at radius 2 is 0.870 bits per heavy atom. The predicted molar refractivity (Wildman–Crippen MR) is 113 cm³/mol. The summed E-state index contributed by atoms with van der Waals surface area (Å²) < 4.78 is 3.31. The maximum Gasteiger partial charge on any atom is 0.280 e. The fraction of sp³-hybridized carbons (Fsp3) is 0. The zero-order valence-corrected chi connectivity index (χ0v) is 17.6. The summed E-state index contributed by atoms with van der Waals surface area (Å²) in [6.45, 7) is 0. The van der Waals surface area contributed by atoms with Crippen LogP contribution in [0.15, 0.2) is 91.1 Å². The molecule has 0 saturated carbocycles. The van der Waals surface area contributed by atoms with Crippen molar-refractivity contribution in [3.63, 3.8) is 0 Å². The monoisotopic (exact) mass is 508 g/mol. The minimum absolute atomic E-state index is 0.261. The first-order valence-corrected chi connectivity index (χ1v) is 10.3. The van der Waals surface area contributed by atoms with Gasteiger partial charge >= 0.3 is 0 Å². The quantitative estimate of drug-likeness (QED) is 0.396. The van der Waals surface area contributed by atoms with Crippen LogP contribution in [0.5, 0.6) is 0 Å². The van der Waals surface area contributed by atoms with Crippen molar-refractivity contribution in [1.29, 1.82) is 0 Å². The highest BCUT2D eigenvalue weighted by Crippen LogP contribution is 2.24. The second-order valence-electron chi connectivity index (χ2n) is 5.05. The normalized spacial score (nSPS) is 10.6. The van der Waals surface area contributed by atoms with Crippen LogP contribution in [0, 0.1) is 0 Å². The Morgan fingerprint density at radius 3 is 1.26 bits per heavy atom. The Kier molecular flexibility index (Phi) is 6.08. The lowest BCUT2D eigenvalue weighted by molar-refractivity contribution is 1.45. The van der Waals surface area contributed by atoms with E-state index in [0.717, 1.165) is 13.4 Å². The second kappa shape index (κ2) is 8.06. The van der Waals surface area contributed by atoms with Crippen LogP contribution in [-0.4, -0.2) is 5.99 Å². The molecule has 0 bridgehead atoms. The van der Waals surface area contributed by atoms with E-state index < -0.39 is 0 Å². The van der Waals surface area contributed by atoms with Gasteiger partial charge in [0.15, 0.2) is 0 Å². The third kappa shape index (κ3) is 4.75. The first kappa shape index (κ1) is 17.3. The zero-order chi connectivity index (χ0) is 16.2. The van der Waals surface area contributed by atoms with Crippen LogP contribution in [0.4, 0.5) is 0 Å². The summed E-state index contributed by atoms with van der Waals surface area (Å²) in [4.78, 5) is 1.25. The van der Waals surface area contributed by atoms with Crippen molar-refractivity contribution < 1.29 is 0 Å². The summed E-state index contributed by atoms with van der Waals surface area (Å²) >= 11 is 12.4. The summed E-state index contributed by atoms with van der Waals surface area (Å²) in [5.41, 5.74) is 2.59. The molecule has 114 valence electrons. The van der Waals surface area contributed by atoms with Crippen molar-refractivity contribution in [1.82, 2.24) is 0 Å². The van der Waals surface area contributed by atoms with Crippen LogP contribution in [0.3, 0.4) is 0 Å². The number of rotatable bonds is 4. The van der Waals surface area contributed by atoms with E-state index in [1.807, 2.05) is 11.6 Å². The second-order valence-corrected chi connectivity index (χ2v) is 8.98. The molecule has 0 aliphatic rings. The Bertz CT molecular complexity index is 725. The van der Waals surface area contributed by atoms with Gasteiger partial charge in [-0.05, 0) is 53.4 Å². The number of hydrogen-bond donors (Lipinski definition) is 0. The minimum Gasteiger partial charge on any atom is -0.163 e. The van der Waals surface area contributed by atoms with E-state index in [1.54, 1.807) is 0 Å². The smallest absolute Gasteiger partial charge is 0.163 e. The molecule has 23 heavy (non-hydrogen) atoms. The minimum atomic E-state index is 0.261.